The monoisotopic (exact) mass is 492 g/mol. The number of aromatic hydroxyl groups is 1. The van der Waals surface area contributed by atoms with Crippen molar-refractivity contribution in [3.8, 4) is 11.5 Å². The van der Waals surface area contributed by atoms with Crippen molar-refractivity contribution >= 4 is 22.7 Å². The number of hydrogen-bond acceptors (Lipinski definition) is 6. The fourth-order valence-corrected chi connectivity index (χ4v) is 5.60. The molecule has 0 saturated carbocycles. The van der Waals surface area contributed by atoms with E-state index in [9.17, 15) is 14.7 Å². The molecule has 2 aromatic carbocycles. The fraction of sp³-hybridized carbons (Fsp3) is 0.407. The van der Waals surface area contributed by atoms with Crippen LogP contribution >= 0.6 is 0 Å². The third kappa shape index (κ3) is 3.98. The molecule has 0 unspecified atom stereocenters. The van der Waals surface area contributed by atoms with Gasteiger partial charge in [-0.15, -0.1) is 0 Å². The summed E-state index contributed by atoms with van der Waals surface area (Å²) < 4.78 is 10.5. The van der Waals surface area contributed by atoms with Gasteiger partial charge in [0.2, 0.25) is 11.8 Å². The highest BCUT2D eigenvalue weighted by molar-refractivity contribution is 6.00. The Morgan fingerprint density at radius 2 is 2.00 bits per heavy atom. The highest BCUT2D eigenvalue weighted by atomic mass is 16.5. The summed E-state index contributed by atoms with van der Waals surface area (Å²) in [6.07, 6.45) is 0.378. The van der Waals surface area contributed by atoms with E-state index >= 15 is 0 Å². The number of piperazine rings is 1. The summed E-state index contributed by atoms with van der Waals surface area (Å²) in [6, 6.07) is 12.2. The van der Waals surface area contributed by atoms with Crippen molar-refractivity contribution < 1.29 is 24.2 Å². The molecule has 5 rings (SSSR count). The summed E-state index contributed by atoms with van der Waals surface area (Å²) in [5, 5.41) is 14.5. The van der Waals surface area contributed by atoms with Gasteiger partial charge in [0.05, 0.1) is 26.3 Å². The second-order valence-electron chi connectivity index (χ2n) is 9.61. The van der Waals surface area contributed by atoms with Crippen LogP contribution in [0.1, 0.15) is 29.8 Å². The van der Waals surface area contributed by atoms with E-state index in [-0.39, 0.29) is 24.1 Å². The summed E-state index contributed by atoms with van der Waals surface area (Å²) in [4.78, 5) is 34.6. The number of benzene rings is 2. The van der Waals surface area contributed by atoms with Crippen molar-refractivity contribution in [1.82, 2.24) is 20.1 Å². The zero-order valence-electron chi connectivity index (χ0n) is 20.8. The van der Waals surface area contributed by atoms with Gasteiger partial charge in [-0.2, -0.15) is 0 Å². The summed E-state index contributed by atoms with van der Waals surface area (Å²) in [5.41, 5.74) is 2.42. The maximum absolute atomic E-state index is 14.0. The second kappa shape index (κ2) is 9.48. The third-order valence-electron chi connectivity index (χ3n) is 7.30. The topological polar surface area (TPSA) is 107 Å². The molecule has 1 aromatic heterocycles. The van der Waals surface area contributed by atoms with Crippen LogP contribution in [0.25, 0.3) is 10.9 Å². The van der Waals surface area contributed by atoms with Gasteiger partial charge in [-0.05, 0) is 48.4 Å². The molecule has 9 heteroatoms. The first-order valence-corrected chi connectivity index (χ1v) is 12.2. The molecular formula is C27H32N4O5. The first kappa shape index (κ1) is 24.1. The van der Waals surface area contributed by atoms with Crippen LogP contribution < -0.4 is 10.1 Å². The molecule has 2 aliphatic rings. The Hall–Kier alpha value is -3.56. The van der Waals surface area contributed by atoms with Crippen molar-refractivity contribution in [3.05, 3.63) is 59.3 Å². The Bertz CT molecular complexity index is 1300. The molecule has 1 fully saturated rings. The van der Waals surface area contributed by atoms with Gasteiger partial charge < -0.3 is 34.7 Å². The number of ether oxygens (including phenoxy) is 2. The number of fused-ring (bicyclic) bond motifs is 4. The molecule has 0 spiro atoms. The maximum atomic E-state index is 14.0. The largest absolute Gasteiger partial charge is 0.508 e. The number of amides is 2. The van der Waals surface area contributed by atoms with Gasteiger partial charge in [0, 0.05) is 49.8 Å². The molecule has 2 atom stereocenters. The molecule has 3 aromatic rings. The number of H-pyrrole nitrogens is 1. The summed E-state index contributed by atoms with van der Waals surface area (Å²) in [7, 11) is 3.27. The number of aromatic amines is 1. The van der Waals surface area contributed by atoms with Crippen molar-refractivity contribution in [2.75, 3.05) is 47.0 Å². The van der Waals surface area contributed by atoms with Gasteiger partial charge in [-0.3, -0.25) is 9.59 Å². The lowest BCUT2D eigenvalue weighted by Crippen LogP contribution is -2.70. The number of hydrogen-bond donors (Lipinski definition) is 3. The van der Waals surface area contributed by atoms with Gasteiger partial charge in [-0.25, -0.2) is 0 Å². The van der Waals surface area contributed by atoms with Gasteiger partial charge in [0.1, 0.15) is 17.0 Å². The van der Waals surface area contributed by atoms with E-state index in [1.165, 1.54) is 0 Å². The van der Waals surface area contributed by atoms with E-state index < -0.39 is 11.6 Å². The first-order chi connectivity index (χ1) is 17.4. The number of nitrogens with one attached hydrogen (secondary N) is 2. The molecule has 1 saturated heterocycles. The lowest BCUT2D eigenvalue weighted by atomic mass is 9.78. The number of carbonyl (C=O) groups excluding carboxylic acids is 2. The maximum Gasteiger partial charge on any atom is 0.249 e. The molecule has 2 amide bonds. The predicted molar refractivity (Wildman–Crippen MR) is 135 cm³/mol. The van der Waals surface area contributed by atoms with Crippen LogP contribution in [-0.4, -0.2) is 84.2 Å². The third-order valence-corrected chi connectivity index (χ3v) is 7.30. The van der Waals surface area contributed by atoms with Crippen LogP contribution in [0.3, 0.4) is 0 Å². The van der Waals surface area contributed by atoms with Crippen molar-refractivity contribution in [2.24, 2.45) is 0 Å². The number of nitrogens with zero attached hydrogens (tertiary/aromatic N) is 2. The number of phenols is 1. The Kier molecular flexibility index (Phi) is 6.36. The minimum absolute atomic E-state index is 0.0130. The molecule has 36 heavy (non-hydrogen) atoms. The quantitative estimate of drug-likeness (QED) is 0.416. The zero-order chi connectivity index (χ0) is 25.4. The Morgan fingerprint density at radius 1 is 1.17 bits per heavy atom. The van der Waals surface area contributed by atoms with Crippen molar-refractivity contribution in [2.45, 2.75) is 24.9 Å². The van der Waals surface area contributed by atoms with E-state index in [0.29, 0.717) is 32.7 Å². The van der Waals surface area contributed by atoms with Gasteiger partial charge >= 0.3 is 0 Å². The standard InChI is InChI=1S/C27H32N4O5/c1-27-15-21-20-14-19(36-3)7-8-22(20)29-24(21)25(17-5-4-6-18(32)13-17)31(27)23(33)16-30(26(27)34)11-9-28-10-12-35-2/h4-8,13-14,25,28-29,32H,9-12,15-16H2,1-3H3/t25-,27+/m1/s1. The Labute approximate surface area is 210 Å². The first-order valence-electron chi connectivity index (χ1n) is 12.2. The van der Waals surface area contributed by atoms with E-state index in [0.717, 1.165) is 33.5 Å². The van der Waals surface area contributed by atoms with Crippen LogP contribution in [0.15, 0.2) is 42.5 Å². The average Bonchev–Trinajstić information content (AvgIpc) is 3.22. The fourth-order valence-electron chi connectivity index (χ4n) is 5.60. The minimum Gasteiger partial charge on any atom is -0.508 e. The number of phenolic OH excluding ortho intramolecular Hbond substituents is 1. The van der Waals surface area contributed by atoms with E-state index in [4.69, 9.17) is 9.47 Å². The van der Waals surface area contributed by atoms with Crippen LogP contribution in [0, 0.1) is 0 Å². The normalized spacial score (nSPS) is 21.6. The smallest absolute Gasteiger partial charge is 0.249 e. The predicted octanol–water partition coefficient (Wildman–Crippen LogP) is 2.19. The lowest BCUT2D eigenvalue weighted by Gasteiger charge is -2.53. The minimum atomic E-state index is -1.08. The molecular weight excluding hydrogens is 460 g/mol. The van der Waals surface area contributed by atoms with Crippen molar-refractivity contribution in [3.63, 3.8) is 0 Å². The Morgan fingerprint density at radius 3 is 2.75 bits per heavy atom. The number of methoxy groups -OCH3 is 2. The molecule has 3 heterocycles. The second-order valence-corrected chi connectivity index (χ2v) is 9.61. The van der Waals surface area contributed by atoms with E-state index in [2.05, 4.69) is 10.3 Å². The molecule has 2 aliphatic heterocycles. The van der Waals surface area contributed by atoms with Crippen LogP contribution in [-0.2, 0) is 20.7 Å². The van der Waals surface area contributed by atoms with E-state index in [1.54, 1.807) is 42.2 Å². The summed E-state index contributed by atoms with van der Waals surface area (Å²) >= 11 is 0. The molecule has 190 valence electrons. The summed E-state index contributed by atoms with van der Waals surface area (Å²) in [6.45, 7) is 4.13. The SMILES string of the molecule is COCCNCCN1CC(=O)N2[C@H](c3cccc(O)c3)c3[nH]c4ccc(OC)cc4c3C[C@@]2(C)C1=O. The molecule has 0 aliphatic carbocycles. The van der Waals surface area contributed by atoms with Crippen LogP contribution in [0.2, 0.25) is 0 Å². The number of rotatable bonds is 8. The van der Waals surface area contributed by atoms with Gasteiger partial charge in [0.15, 0.2) is 0 Å². The highest BCUT2D eigenvalue weighted by Crippen LogP contribution is 2.47. The van der Waals surface area contributed by atoms with Gasteiger partial charge in [0.25, 0.3) is 0 Å². The zero-order valence-corrected chi connectivity index (χ0v) is 20.8. The molecule has 0 bridgehead atoms. The molecule has 3 N–H and O–H groups in total. The highest BCUT2D eigenvalue weighted by Gasteiger charge is 2.55. The van der Waals surface area contributed by atoms with Crippen LogP contribution in [0.4, 0.5) is 0 Å². The lowest BCUT2D eigenvalue weighted by molar-refractivity contribution is -0.167. The molecule has 0 radical (unpaired) electrons. The van der Waals surface area contributed by atoms with E-state index in [1.807, 2.05) is 31.2 Å². The summed E-state index contributed by atoms with van der Waals surface area (Å²) in [5.74, 6) is 0.632. The Balaban J connectivity index is 1.59. The number of aromatic nitrogens is 1. The van der Waals surface area contributed by atoms with Crippen molar-refractivity contribution in [1.29, 1.82) is 0 Å². The average molecular weight is 493 g/mol. The van der Waals surface area contributed by atoms with Gasteiger partial charge in [-0.1, -0.05) is 12.1 Å². The number of carbonyl (C=O) groups is 2. The van der Waals surface area contributed by atoms with Crippen LogP contribution in [0.5, 0.6) is 11.5 Å². The molecule has 9 nitrogen and oxygen atoms in total.